The molecule has 20 heavy (non-hydrogen) atoms. The molecule has 0 radical (unpaired) electrons. The molecule has 0 aliphatic carbocycles. The molecule has 0 saturated carbocycles. The second-order valence-corrected chi connectivity index (χ2v) is 4.58. The fraction of sp³-hybridized carbons (Fsp3) is 0.133. The molecule has 0 spiro atoms. The van der Waals surface area contributed by atoms with E-state index in [1.54, 1.807) is 24.8 Å². The Morgan fingerprint density at radius 1 is 1.30 bits per heavy atom. The van der Waals surface area contributed by atoms with Gasteiger partial charge in [-0.15, -0.1) is 0 Å². The van der Waals surface area contributed by atoms with Crippen molar-refractivity contribution in [1.29, 1.82) is 0 Å². The van der Waals surface area contributed by atoms with Crippen molar-refractivity contribution in [2.24, 2.45) is 7.05 Å². The Kier molecular flexibility index (Phi) is 2.75. The van der Waals surface area contributed by atoms with Crippen LogP contribution >= 0.6 is 0 Å². The fourth-order valence-corrected chi connectivity index (χ4v) is 2.44. The number of benzene rings is 1. The summed E-state index contributed by atoms with van der Waals surface area (Å²) in [5.74, 6) is -0.149. The van der Waals surface area contributed by atoms with Gasteiger partial charge in [0.2, 0.25) is 0 Å². The molecule has 0 saturated heterocycles. The van der Waals surface area contributed by atoms with E-state index in [0.717, 1.165) is 27.9 Å². The lowest BCUT2D eigenvalue weighted by Gasteiger charge is -2.05. The third-order valence-electron chi connectivity index (χ3n) is 3.51. The quantitative estimate of drug-likeness (QED) is 0.769. The van der Waals surface area contributed by atoms with Crippen LogP contribution < -0.4 is 4.74 Å². The zero-order chi connectivity index (χ0) is 14.3. The van der Waals surface area contributed by atoms with Gasteiger partial charge in [0.1, 0.15) is 11.4 Å². The van der Waals surface area contributed by atoms with Gasteiger partial charge in [-0.1, -0.05) is 0 Å². The SMILES string of the molecule is COc1ccc2c(-c3ccc(C(=O)O)n3C)c[nH]c2c1. The number of aromatic nitrogens is 2. The zero-order valence-electron chi connectivity index (χ0n) is 11.2. The van der Waals surface area contributed by atoms with Gasteiger partial charge < -0.3 is 19.4 Å². The number of aromatic amines is 1. The lowest BCUT2D eigenvalue weighted by atomic mass is 10.1. The van der Waals surface area contributed by atoms with Crippen molar-refractivity contribution in [3.63, 3.8) is 0 Å². The van der Waals surface area contributed by atoms with Crippen LogP contribution in [0, 0.1) is 0 Å². The molecule has 1 aromatic carbocycles. The first kappa shape index (κ1) is 12.3. The minimum absolute atomic E-state index is 0.267. The number of hydrogen-bond acceptors (Lipinski definition) is 2. The third-order valence-corrected chi connectivity index (χ3v) is 3.51. The first-order valence-corrected chi connectivity index (χ1v) is 6.16. The van der Waals surface area contributed by atoms with E-state index in [2.05, 4.69) is 4.98 Å². The van der Waals surface area contributed by atoms with Gasteiger partial charge in [0.25, 0.3) is 0 Å². The maximum atomic E-state index is 11.1. The highest BCUT2D eigenvalue weighted by Gasteiger charge is 2.15. The summed E-state index contributed by atoms with van der Waals surface area (Å²) in [5.41, 5.74) is 3.05. The summed E-state index contributed by atoms with van der Waals surface area (Å²) in [5, 5.41) is 10.1. The Morgan fingerprint density at radius 2 is 2.10 bits per heavy atom. The molecule has 5 heteroatoms. The second kappa shape index (κ2) is 4.45. The van der Waals surface area contributed by atoms with E-state index in [4.69, 9.17) is 9.84 Å². The molecule has 3 rings (SSSR count). The molecule has 2 aromatic heterocycles. The largest absolute Gasteiger partial charge is 0.497 e. The second-order valence-electron chi connectivity index (χ2n) is 4.58. The maximum Gasteiger partial charge on any atom is 0.352 e. The lowest BCUT2D eigenvalue weighted by molar-refractivity contribution is 0.0687. The van der Waals surface area contributed by atoms with Gasteiger partial charge >= 0.3 is 5.97 Å². The van der Waals surface area contributed by atoms with E-state index in [9.17, 15) is 4.79 Å². The van der Waals surface area contributed by atoms with Crippen molar-refractivity contribution in [3.05, 3.63) is 42.2 Å². The van der Waals surface area contributed by atoms with Gasteiger partial charge in [-0.05, 0) is 24.3 Å². The van der Waals surface area contributed by atoms with E-state index >= 15 is 0 Å². The highest BCUT2D eigenvalue weighted by molar-refractivity contribution is 5.96. The van der Waals surface area contributed by atoms with E-state index in [-0.39, 0.29) is 5.69 Å². The third kappa shape index (κ3) is 1.75. The van der Waals surface area contributed by atoms with Gasteiger partial charge in [-0.3, -0.25) is 0 Å². The molecule has 102 valence electrons. The molecular weight excluding hydrogens is 256 g/mol. The molecule has 0 aliphatic rings. The standard InChI is InChI=1S/C15H14N2O3/c1-17-13(5-6-14(17)15(18)19)11-8-16-12-7-9(20-2)3-4-10(11)12/h3-8,16H,1-2H3,(H,18,19). The molecule has 0 bridgehead atoms. The van der Waals surface area contributed by atoms with E-state index in [1.165, 1.54) is 0 Å². The Labute approximate surface area is 115 Å². The molecule has 0 aliphatic heterocycles. The van der Waals surface area contributed by atoms with Crippen LogP contribution in [0.25, 0.3) is 22.2 Å². The number of carboxylic acid groups (broad SMARTS) is 1. The van der Waals surface area contributed by atoms with Crippen LogP contribution in [0.4, 0.5) is 0 Å². The average molecular weight is 270 g/mol. The Bertz CT molecular complexity index is 799. The number of carboxylic acids is 1. The number of nitrogens with one attached hydrogen (secondary N) is 1. The van der Waals surface area contributed by atoms with Crippen molar-refractivity contribution in [2.75, 3.05) is 7.11 Å². The molecule has 3 aromatic rings. The molecule has 2 heterocycles. The van der Waals surface area contributed by atoms with Gasteiger partial charge in [0.15, 0.2) is 0 Å². The van der Waals surface area contributed by atoms with Gasteiger partial charge in [0.05, 0.1) is 12.8 Å². The average Bonchev–Trinajstić information content (AvgIpc) is 3.01. The first-order valence-electron chi connectivity index (χ1n) is 6.16. The van der Waals surface area contributed by atoms with Crippen molar-refractivity contribution in [2.45, 2.75) is 0 Å². The van der Waals surface area contributed by atoms with Crippen LogP contribution in [-0.2, 0) is 7.05 Å². The van der Waals surface area contributed by atoms with E-state index in [1.807, 2.05) is 30.5 Å². The molecule has 0 atom stereocenters. The first-order chi connectivity index (χ1) is 9.61. The number of H-pyrrole nitrogens is 1. The van der Waals surface area contributed by atoms with Crippen LogP contribution in [0.5, 0.6) is 5.75 Å². The number of ether oxygens (including phenoxy) is 1. The molecule has 0 fully saturated rings. The van der Waals surface area contributed by atoms with E-state index in [0.29, 0.717) is 0 Å². The minimum Gasteiger partial charge on any atom is -0.497 e. The summed E-state index contributed by atoms with van der Waals surface area (Å²) >= 11 is 0. The van der Waals surface area contributed by atoms with Crippen LogP contribution in [0.15, 0.2) is 36.5 Å². The highest BCUT2D eigenvalue weighted by Crippen LogP contribution is 2.31. The lowest BCUT2D eigenvalue weighted by Crippen LogP contribution is -2.04. The van der Waals surface area contributed by atoms with Crippen molar-refractivity contribution >= 4 is 16.9 Å². The summed E-state index contributed by atoms with van der Waals surface area (Å²) < 4.78 is 6.87. The summed E-state index contributed by atoms with van der Waals surface area (Å²) in [6, 6.07) is 9.20. The number of carbonyl (C=O) groups is 1. The van der Waals surface area contributed by atoms with Crippen molar-refractivity contribution in [3.8, 4) is 17.0 Å². The molecule has 0 amide bonds. The van der Waals surface area contributed by atoms with E-state index < -0.39 is 5.97 Å². The molecular formula is C15H14N2O3. The maximum absolute atomic E-state index is 11.1. The Hall–Kier alpha value is -2.69. The number of rotatable bonds is 3. The van der Waals surface area contributed by atoms with Gasteiger partial charge in [0, 0.05) is 35.8 Å². The monoisotopic (exact) mass is 270 g/mol. The Balaban J connectivity index is 2.18. The zero-order valence-corrected chi connectivity index (χ0v) is 11.2. The highest BCUT2D eigenvalue weighted by atomic mass is 16.5. The summed E-state index contributed by atoms with van der Waals surface area (Å²) in [4.78, 5) is 14.3. The number of methoxy groups -OCH3 is 1. The number of hydrogen-bond donors (Lipinski definition) is 2. The number of fused-ring (bicyclic) bond motifs is 1. The Morgan fingerprint density at radius 3 is 2.75 bits per heavy atom. The normalized spacial score (nSPS) is 10.9. The molecule has 0 unspecified atom stereocenters. The van der Waals surface area contributed by atoms with Crippen molar-refractivity contribution in [1.82, 2.24) is 9.55 Å². The van der Waals surface area contributed by atoms with Gasteiger partial charge in [-0.25, -0.2) is 4.79 Å². The predicted molar refractivity (Wildman–Crippen MR) is 76.2 cm³/mol. The van der Waals surface area contributed by atoms with Crippen molar-refractivity contribution < 1.29 is 14.6 Å². The fourth-order valence-electron chi connectivity index (χ4n) is 2.44. The van der Waals surface area contributed by atoms with Crippen LogP contribution in [0.1, 0.15) is 10.5 Å². The van der Waals surface area contributed by atoms with Crippen LogP contribution in [0.3, 0.4) is 0 Å². The van der Waals surface area contributed by atoms with Crippen LogP contribution in [0.2, 0.25) is 0 Å². The predicted octanol–water partition coefficient (Wildman–Crippen LogP) is 2.88. The number of aromatic carboxylic acids is 1. The molecule has 2 N–H and O–H groups in total. The van der Waals surface area contributed by atoms with Gasteiger partial charge in [-0.2, -0.15) is 0 Å². The minimum atomic E-state index is -0.930. The smallest absolute Gasteiger partial charge is 0.352 e. The summed E-state index contributed by atoms with van der Waals surface area (Å²) in [6.45, 7) is 0. The summed E-state index contributed by atoms with van der Waals surface area (Å²) in [7, 11) is 3.38. The van der Waals surface area contributed by atoms with Crippen LogP contribution in [-0.4, -0.2) is 27.7 Å². The molecule has 5 nitrogen and oxygen atoms in total. The number of nitrogens with zero attached hydrogens (tertiary/aromatic N) is 1. The summed E-state index contributed by atoms with van der Waals surface area (Å²) in [6.07, 6.45) is 1.88. The topological polar surface area (TPSA) is 67.2 Å².